The van der Waals surface area contributed by atoms with E-state index < -0.39 is 51.1 Å². The second-order valence-corrected chi connectivity index (χ2v) is 13.3. The first-order valence-corrected chi connectivity index (χ1v) is 15.9. The molecule has 0 unspecified atom stereocenters. The van der Waals surface area contributed by atoms with Crippen LogP contribution in [0.4, 0.5) is 5.69 Å². The van der Waals surface area contributed by atoms with Crippen LogP contribution in [0.1, 0.15) is 18.4 Å². The smallest absolute Gasteiger partial charge is 0.254 e. The van der Waals surface area contributed by atoms with Gasteiger partial charge in [-0.15, -0.1) is 23.2 Å². The normalized spacial score (nSPS) is 31.3. The van der Waals surface area contributed by atoms with Gasteiger partial charge in [0.15, 0.2) is 21.2 Å². The third-order valence-electron chi connectivity index (χ3n) is 9.14. The number of methoxy groups -OCH3 is 2. The van der Waals surface area contributed by atoms with Crippen molar-refractivity contribution in [3.8, 4) is 17.2 Å². The fourth-order valence-corrected chi connectivity index (χ4v) is 8.57. The van der Waals surface area contributed by atoms with Gasteiger partial charge in [0.05, 0.1) is 37.2 Å². The fraction of sp³-hybridized carbons (Fsp3) is 0.355. The number of anilines is 1. The summed E-state index contributed by atoms with van der Waals surface area (Å²) in [5.41, 5.74) is 1.48. The number of ether oxygens (including phenoxy) is 2. The maximum atomic E-state index is 14.0. The molecule has 0 aromatic heterocycles. The number of aromatic hydroxyl groups is 1. The maximum Gasteiger partial charge on any atom is 0.254 e. The minimum absolute atomic E-state index is 0.113. The van der Waals surface area contributed by atoms with Gasteiger partial charge in [0.1, 0.15) is 0 Å². The number of nitrogens with zero attached hydrogens (tertiary/aromatic N) is 2. The number of phenolic OH excluding ortho intramolecular Hbond substituents is 1. The average molecular weight is 725 g/mol. The van der Waals surface area contributed by atoms with Gasteiger partial charge in [0, 0.05) is 10.9 Å². The van der Waals surface area contributed by atoms with Gasteiger partial charge in [-0.05, 0) is 60.7 Å². The summed E-state index contributed by atoms with van der Waals surface area (Å²) < 4.78 is 10.6. The Kier molecular flexibility index (Phi) is 7.80. The summed E-state index contributed by atoms with van der Waals surface area (Å²) in [6.45, 7) is 0. The molecule has 1 N–H and O–H groups in total. The van der Waals surface area contributed by atoms with Crippen molar-refractivity contribution in [2.75, 3.05) is 24.6 Å². The molecule has 230 valence electrons. The number of fused-ring (bicyclic) bond motifs is 4. The van der Waals surface area contributed by atoms with Crippen LogP contribution in [0.25, 0.3) is 6.08 Å². The van der Waals surface area contributed by atoms with E-state index in [4.69, 9.17) is 44.3 Å². The minimum Gasteiger partial charge on any atom is -0.502 e. The molecule has 4 aliphatic rings. The lowest BCUT2D eigenvalue weighted by atomic mass is 9.57. The van der Waals surface area contributed by atoms with Crippen molar-refractivity contribution >= 4 is 86.1 Å². The summed E-state index contributed by atoms with van der Waals surface area (Å²) in [7, 11) is 2.80. The zero-order chi connectivity index (χ0) is 31.7. The largest absolute Gasteiger partial charge is 0.502 e. The first-order chi connectivity index (χ1) is 20.9. The van der Waals surface area contributed by atoms with E-state index in [0.717, 1.165) is 9.80 Å². The Bertz CT molecular complexity index is 1640. The number of likely N-dealkylation sites (tertiary alicyclic amines) is 1. The third-order valence-corrected chi connectivity index (χ3v) is 11.3. The Balaban J connectivity index is 1.47. The van der Waals surface area contributed by atoms with Gasteiger partial charge >= 0.3 is 0 Å². The van der Waals surface area contributed by atoms with E-state index in [0.29, 0.717) is 21.8 Å². The highest BCUT2D eigenvalue weighted by Crippen LogP contribution is 2.63. The first kappa shape index (κ1) is 31.0. The van der Waals surface area contributed by atoms with E-state index in [9.17, 15) is 24.3 Å². The molecule has 2 heterocycles. The number of hydrogen-bond donors (Lipinski definition) is 1. The van der Waals surface area contributed by atoms with Gasteiger partial charge in [-0.2, -0.15) is 0 Å². The van der Waals surface area contributed by atoms with Gasteiger partial charge in [0.2, 0.25) is 17.6 Å². The topological polar surface area (TPSA) is 113 Å². The molecule has 4 amide bonds. The summed E-state index contributed by atoms with van der Waals surface area (Å²) in [5, 5.41) is 10.8. The van der Waals surface area contributed by atoms with Crippen molar-refractivity contribution < 1.29 is 33.8 Å². The number of amides is 4. The number of hydrogen-bond acceptors (Lipinski definition) is 7. The van der Waals surface area contributed by atoms with Crippen LogP contribution >= 0.6 is 50.7 Å². The van der Waals surface area contributed by atoms with E-state index in [1.807, 2.05) is 6.08 Å². The Hall–Kier alpha value is -3.05. The van der Waals surface area contributed by atoms with E-state index in [1.54, 1.807) is 48.6 Å². The number of imide groups is 2. The molecular weight excluding hydrogens is 699 g/mol. The van der Waals surface area contributed by atoms with Gasteiger partial charge in [-0.1, -0.05) is 51.3 Å². The molecule has 2 aromatic carbocycles. The van der Waals surface area contributed by atoms with Crippen LogP contribution in [0.3, 0.4) is 0 Å². The van der Waals surface area contributed by atoms with Crippen molar-refractivity contribution in [2.24, 2.45) is 23.7 Å². The van der Waals surface area contributed by atoms with Gasteiger partial charge in [-0.25, -0.2) is 0 Å². The lowest BCUT2D eigenvalue weighted by molar-refractivity contribution is -0.138. The Morgan fingerprint density at radius 1 is 1.00 bits per heavy atom. The Morgan fingerprint density at radius 3 is 2.23 bits per heavy atom. The number of rotatable bonds is 6. The van der Waals surface area contributed by atoms with Crippen molar-refractivity contribution in [1.29, 1.82) is 0 Å². The predicted octanol–water partition coefficient (Wildman–Crippen LogP) is 5.52. The van der Waals surface area contributed by atoms with Crippen LogP contribution in [-0.4, -0.2) is 63.1 Å². The number of halogens is 4. The molecule has 6 rings (SSSR count). The number of carbonyl (C=O) groups is 4. The highest BCUT2D eigenvalue weighted by molar-refractivity contribution is 9.09. The second-order valence-electron chi connectivity index (χ2n) is 11.2. The summed E-state index contributed by atoms with van der Waals surface area (Å²) in [4.78, 5) is 53.6. The summed E-state index contributed by atoms with van der Waals surface area (Å²) in [6.07, 6.45) is 5.32. The standard InChI is InChI=1S/C31H26BrCl3N2O7/c1-43-22-11-15(12-23(44-2)25(22)38)3-10-21-18-8-9-19-24(27(40)37(26(19)39)17-6-4-16(33)5-7-17)20(18)13-30(34)28(41)36(14-32)29(42)31(21,30)35/h3-8,10-12,19-21,24,38H,9,13-14H2,1-2H3/t19-,20+,21-,24-,30+,31-/m0/s1. The first-order valence-electron chi connectivity index (χ1n) is 13.7. The van der Waals surface area contributed by atoms with Gasteiger partial charge in [-0.3, -0.25) is 29.0 Å². The molecule has 2 aliphatic heterocycles. The average Bonchev–Trinajstić information content (AvgIpc) is 3.35. The summed E-state index contributed by atoms with van der Waals surface area (Å²) in [6, 6.07) is 9.57. The number of carbonyl (C=O) groups excluding carboxylic acids is 4. The maximum absolute atomic E-state index is 14.0. The highest BCUT2D eigenvalue weighted by atomic mass is 79.9. The van der Waals surface area contributed by atoms with Crippen LogP contribution in [0.5, 0.6) is 17.2 Å². The fourth-order valence-electron chi connectivity index (χ4n) is 7.06. The van der Waals surface area contributed by atoms with Crippen molar-refractivity contribution in [1.82, 2.24) is 4.90 Å². The number of allylic oxidation sites excluding steroid dienone is 3. The van der Waals surface area contributed by atoms with E-state index in [-0.39, 0.29) is 41.5 Å². The highest BCUT2D eigenvalue weighted by Gasteiger charge is 2.75. The molecule has 13 heteroatoms. The lowest BCUT2D eigenvalue weighted by Crippen LogP contribution is -2.60. The van der Waals surface area contributed by atoms with Gasteiger partial charge < -0.3 is 14.6 Å². The van der Waals surface area contributed by atoms with Crippen LogP contribution in [0.2, 0.25) is 5.02 Å². The molecule has 0 bridgehead atoms. The number of alkyl halides is 3. The number of benzene rings is 2. The molecule has 9 nitrogen and oxygen atoms in total. The number of phenols is 1. The van der Waals surface area contributed by atoms with Crippen molar-refractivity contribution in [3.63, 3.8) is 0 Å². The van der Waals surface area contributed by atoms with Crippen molar-refractivity contribution in [3.05, 3.63) is 64.7 Å². The van der Waals surface area contributed by atoms with Crippen LogP contribution in [0, 0.1) is 23.7 Å². The molecular formula is C31H26BrCl3N2O7. The molecule has 0 radical (unpaired) electrons. The predicted molar refractivity (Wildman–Crippen MR) is 168 cm³/mol. The van der Waals surface area contributed by atoms with E-state index in [1.165, 1.54) is 14.2 Å². The van der Waals surface area contributed by atoms with Gasteiger partial charge in [0.25, 0.3) is 11.8 Å². The second kappa shape index (κ2) is 11.1. The third kappa shape index (κ3) is 4.25. The molecule has 3 fully saturated rings. The van der Waals surface area contributed by atoms with Crippen LogP contribution < -0.4 is 14.4 Å². The summed E-state index contributed by atoms with van der Waals surface area (Å²) >= 11 is 23.7. The molecule has 2 aromatic rings. The quantitative estimate of drug-likeness (QED) is 0.181. The van der Waals surface area contributed by atoms with E-state index >= 15 is 0 Å². The van der Waals surface area contributed by atoms with E-state index in [2.05, 4.69) is 15.9 Å². The molecule has 0 spiro atoms. The van der Waals surface area contributed by atoms with Crippen LogP contribution in [-0.2, 0) is 19.2 Å². The monoisotopic (exact) mass is 722 g/mol. The molecule has 44 heavy (non-hydrogen) atoms. The molecule has 2 aliphatic carbocycles. The lowest BCUT2D eigenvalue weighted by Gasteiger charge is -2.49. The zero-order valence-electron chi connectivity index (χ0n) is 23.4. The minimum atomic E-state index is -1.92. The SMILES string of the molecule is COc1cc(C=C[C@H]2C3=CC[C@@H]4C(=O)N(c5ccc(Cl)cc5)C(=O)[C@@H]4[C@@H]3C[C@@]3(Cl)C(=O)N(CBr)C(=O)[C@@]23Cl)cc(OC)c1O. The molecule has 6 atom stereocenters. The summed E-state index contributed by atoms with van der Waals surface area (Å²) in [5.74, 6) is -5.04. The molecule has 1 saturated carbocycles. The Morgan fingerprint density at radius 2 is 1.64 bits per heavy atom. The zero-order valence-corrected chi connectivity index (χ0v) is 27.3. The van der Waals surface area contributed by atoms with Crippen LogP contribution in [0.15, 0.2) is 54.1 Å². The van der Waals surface area contributed by atoms with Crippen molar-refractivity contribution in [2.45, 2.75) is 22.6 Å². The Labute approximate surface area is 276 Å². The molecule has 2 saturated heterocycles.